The predicted octanol–water partition coefficient (Wildman–Crippen LogP) is 2.61. The first-order chi connectivity index (χ1) is 9.58. The van der Waals surface area contributed by atoms with E-state index in [1.807, 2.05) is 11.9 Å². The van der Waals surface area contributed by atoms with Crippen LogP contribution >= 0.6 is 23.2 Å². The molecule has 0 spiro atoms. The van der Waals surface area contributed by atoms with Gasteiger partial charge in [-0.05, 0) is 33.0 Å². The standard InChI is InChI=1S/C14H21Cl2N3O2/c1-14(2,21)8-19(3)5-4-12(20)18-13-10(15)6-9(17)7-11(13)16/h6-7,21H,4-5,8,17H2,1-3H3,(H,18,20). The van der Waals surface area contributed by atoms with Crippen LogP contribution in [0.1, 0.15) is 20.3 Å². The summed E-state index contributed by atoms with van der Waals surface area (Å²) in [7, 11) is 1.84. The third-order valence-electron chi connectivity index (χ3n) is 2.71. The van der Waals surface area contributed by atoms with Gasteiger partial charge >= 0.3 is 0 Å². The fourth-order valence-corrected chi connectivity index (χ4v) is 2.54. The molecule has 0 unspecified atom stereocenters. The Balaban J connectivity index is 2.55. The molecule has 0 saturated carbocycles. The molecule has 1 aromatic carbocycles. The molecule has 0 fully saturated rings. The van der Waals surface area contributed by atoms with Gasteiger partial charge in [0, 0.05) is 25.2 Å². The van der Waals surface area contributed by atoms with Crippen LogP contribution in [0.2, 0.25) is 10.0 Å². The van der Waals surface area contributed by atoms with Crippen LogP contribution in [0.5, 0.6) is 0 Å². The van der Waals surface area contributed by atoms with Crippen LogP contribution in [0.3, 0.4) is 0 Å². The van der Waals surface area contributed by atoms with Gasteiger partial charge in [0.2, 0.25) is 5.91 Å². The van der Waals surface area contributed by atoms with Gasteiger partial charge in [-0.1, -0.05) is 23.2 Å². The minimum Gasteiger partial charge on any atom is -0.399 e. The van der Waals surface area contributed by atoms with Crippen molar-refractivity contribution in [2.24, 2.45) is 0 Å². The zero-order valence-electron chi connectivity index (χ0n) is 12.4. The van der Waals surface area contributed by atoms with Crippen molar-refractivity contribution in [2.75, 3.05) is 31.2 Å². The molecule has 0 aliphatic carbocycles. The first-order valence-corrected chi connectivity index (χ1v) is 7.29. The predicted molar refractivity (Wildman–Crippen MR) is 87.9 cm³/mol. The quantitative estimate of drug-likeness (QED) is 0.699. The number of nitrogen functional groups attached to an aromatic ring is 1. The summed E-state index contributed by atoms with van der Waals surface area (Å²) in [6.45, 7) is 4.43. The lowest BCUT2D eigenvalue weighted by molar-refractivity contribution is -0.116. The number of nitrogens with zero attached hydrogens (tertiary/aromatic N) is 1. The summed E-state index contributed by atoms with van der Waals surface area (Å²) in [5.74, 6) is -0.203. The van der Waals surface area contributed by atoms with Crippen LogP contribution in [-0.2, 0) is 4.79 Å². The van der Waals surface area contributed by atoms with E-state index in [9.17, 15) is 9.90 Å². The number of halogens is 2. The van der Waals surface area contributed by atoms with E-state index in [0.717, 1.165) is 0 Å². The number of hydrogen-bond donors (Lipinski definition) is 3. The van der Waals surface area contributed by atoms with Crippen LogP contribution in [-0.4, -0.2) is 41.7 Å². The summed E-state index contributed by atoms with van der Waals surface area (Å²) in [4.78, 5) is 13.8. The Morgan fingerprint density at radius 3 is 2.38 bits per heavy atom. The molecule has 1 rings (SSSR count). The number of carbonyl (C=O) groups excluding carboxylic acids is 1. The van der Waals surface area contributed by atoms with E-state index in [-0.39, 0.29) is 12.3 Å². The Hall–Kier alpha value is -1.01. The van der Waals surface area contributed by atoms with Gasteiger partial charge in [0.25, 0.3) is 0 Å². The van der Waals surface area contributed by atoms with Gasteiger partial charge in [-0.3, -0.25) is 4.79 Å². The van der Waals surface area contributed by atoms with Gasteiger partial charge in [0.05, 0.1) is 21.3 Å². The summed E-state index contributed by atoms with van der Waals surface area (Å²) >= 11 is 12.0. The molecular formula is C14H21Cl2N3O2. The van der Waals surface area contributed by atoms with Gasteiger partial charge in [-0.15, -0.1) is 0 Å². The highest BCUT2D eigenvalue weighted by molar-refractivity contribution is 6.40. The fourth-order valence-electron chi connectivity index (χ4n) is 1.95. The van der Waals surface area contributed by atoms with E-state index in [0.29, 0.717) is 34.5 Å². The van der Waals surface area contributed by atoms with Gasteiger partial charge in [-0.2, -0.15) is 0 Å². The lowest BCUT2D eigenvalue weighted by Gasteiger charge is -2.25. The van der Waals surface area contributed by atoms with Crippen LogP contribution < -0.4 is 11.1 Å². The van der Waals surface area contributed by atoms with E-state index in [1.54, 1.807) is 13.8 Å². The number of likely N-dealkylation sites (N-methyl/N-ethyl adjacent to an activating group) is 1. The van der Waals surface area contributed by atoms with Crippen molar-refractivity contribution in [2.45, 2.75) is 25.9 Å². The van der Waals surface area contributed by atoms with Gasteiger partial charge in [0.15, 0.2) is 0 Å². The van der Waals surface area contributed by atoms with Crippen LogP contribution in [0.15, 0.2) is 12.1 Å². The number of benzene rings is 1. The molecule has 5 nitrogen and oxygen atoms in total. The minimum atomic E-state index is -0.797. The maximum absolute atomic E-state index is 11.9. The molecule has 4 N–H and O–H groups in total. The molecule has 1 amide bonds. The first kappa shape index (κ1) is 18.0. The molecule has 7 heteroatoms. The van der Waals surface area contributed by atoms with Crippen LogP contribution in [0, 0.1) is 0 Å². The van der Waals surface area contributed by atoms with Crippen LogP contribution in [0.25, 0.3) is 0 Å². The van der Waals surface area contributed by atoms with E-state index < -0.39 is 5.60 Å². The van der Waals surface area contributed by atoms with E-state index >= 15 is 0 Å². The molecule has 0 bridgehead atoms. The van der Waals surface area contributed by atoms with Crippen molar-refractivity contribution in [1.82, 2.24) is 4.90 Å². The monoisotopic (exact) mass is 333 g/mol. The van der Waals surface area contributed by atoms with Crippen molar-refractivity contribution >= 4 is 40.5 Å². The van der Waals surface area contributed by atoms with Crippen molar-refractivity contribution in [3.05, 3.63) is 22.2 Å². The van der Waals surface area contributed by atoms with Crippen molar-refractivity contribution < 1.29 is 9.90 Å². The number of nitrogens with one attached hydrogen (secondary N) is 1. The molecule has 21 heavy (non-hydrogen) atoms. The van der Waals surface area contributed by atoms with Gasteiger partial charge in [-0.25, -0.2) is 0 Å². The topological polar surface area (TPSA) is 78.6 Å². The first-order valence-electron chi connectivity index (χ1n) is 6.54. The van der Waals surface area contributed by atoms with Gasteiger partial charge in [0.1, 0.15) is 0 Å². The summed E-state index contributed by atoms with van der Waals surface area (Å²) < 4.78 is 0. The maximum Gasteiger partial charge on any atom is 0.225 e. The second kappa shape index (κ2) is 7.31. The Kier molecular flexibility index (Phi) is 6.28. The molecule has 0 radical (unpaired) electrons. The second-order valence-electron chi connectivity index (χ2n) is 5.71. The third-order valence-corrected chi connectivity index (χ3v) is 3.30. The number of aliphatic hydroxyl groups is 1. The summed E-state index contributed by atoms with van der Waals surface area (Å²) in [6.07, 6.45) is 0.267. The zero-order valence-corrected chi connectivity index (χ0v) is 13.9. The summed E-state index contributed by atoms with van der Waals surface area (Å²) in [5.41, 5.74) is 5.61. The molecule has 0 heterocycles. The number of anilines is 2. The molecule has 0 aliphatic heterocycles. The molecule has 118 valence electrons. The highest BCUT2D eigenvalue weighted by Crippen LogP contribution is 2.32. The SMILES string of the molecule is CN(CCC(=O)Nc1c(Cl)cc(N)cc1Cl)CC(C)(C)O. The maximum atomic E-state index is 11.9. The highest BCUT2D eigenvalue weighted by Gasteiger charge is 2.17. The largest absolute Gasteiger partial charge is 0.399 e. The average molecular weight is 334 g/mol. The molecule has 1 aromatic rings. The Labute approximate surface area is 135 Å². The Morgan fingerprint density at radius 2 is 1.90 bits per heavy atom. The van der Waals surface area contributed by atoms with E-state index in [4.69, 9.17) is 28.9 Å². The normalized spacial score (nSPS) is 11.8. The van der Waals surface area contributed by atoms with Gasteiger partial charge < -0.3 is 21.1 Å². The molecule has 0 aliphatic rings. The van der Waals surface area contributed by atoms with Crippen LogP contribution in [0.4, 0.5) is 11.4 Å². The highest BCUT2D eigenvalue weighted by atomic mass is 35.5. The number of rotatable bonds is 6. The number of carbonyl (C=O) groups is 1. The molecule has 0 aromatic heterocycles. The van der Waals surface area contributed by atoms with E-state index in [2.05, 4.69) is 5.32 Å². The summed E-state index contributed by atoms with van der Waals surface area (Å²) in [5, 5.41) is 13.0. The average Bonchev–Trinajstić information content (AvgIpc) is 2.29. The van der Waals surface area contributed by atoms with Crippen molar-refractivity contribution in [3.63, 3.8) is 0 Å². The van der Waals surface area contributed by atoms with E-state index in [1.165, 1.54) is 12.1 Å². The Morgan fingerprint density at radius 1 is 1.38 bits per heavy atom. The lowest BCUT2D eigenvalue weighted by Crippen LogP contribution is -2.37. The lowest BCUT2D eigenvalue weighted by atomic mass is 10.1. The molecular weight excluding hydrogens is 313 g/mol. The fraction of sp³-hybridized carbons (Fsp3) is 0.500. The summed E-state index contributed by atoms with van der Waals surface area (Å²) in [6, 6.07) is 3.06. The zero-order chi connectivity index (χ0) is 16.2. The molecule has 0 atom stereocenters. The smallest absolute Gasteiger partial charge is 0.225 e. The second-order valence-corrected chi connectivity index (χ2v) is 6.52. The third kappa shape index (κ3) is 6.52. The number of amides is 1. The number of hydrogen-bond acceptors (Lipinski definition) is 4. The van der Waals surface area contributed by atoms with Crippen molar-refractivity contribution in [3.8, 4) is 0 Å². The number of nitrogens with two attached hydrogens (primary N) is 1. The Bertz CT molecular complexity index is 492. The molecule has 0 saturated heterocycles. The minimum absolute atomic E-state index is 0.203. The van der Waals surface area contributed by atoms with Crippen molar-refractivity contribution in [1.29, 1.82) is 0 Å².